The minimum atomic E-state index is -0.343. The number of hydrogen-bond donors (Lipinski definition) is 1. The molecule has 2 aromatic heterocycles. The second kappa shape index (κ2) is 8.35. The fraction of sp³-hybridized carbons (Fsp3) is 0.400. The molecule has 3 heterocycles. The van der Waals surface area contributed by atoms with Crippen LogP contribution in [0.5, 0.6) is 0 Å². The van der Waals surface area contributed by atoms with Crippen molar-refractivity contribution in [3.63, 3.8) is 0 Å². The number of thiophene rings is 1. The summed E-state index contributed by atoms with van der Waals surface area (Å²) in [6.45, 7) is 6.15. The zero-order valence-electron chi connectivity index (χ0n) is 15.1. The Hall–Kier alpha value is -2.36. The monoisotopic (exact) mass is 369 g/mol. The molecule has 1 saturated heterocycles. The number of nitrogens with zero attached hydrogens (tertiary/aromatic N) is 2. The molecule has 3 rings (SSSR count). The third-order valence-corrected chi connectivity index (χ3v) is 5.57. The van der Waals surface area contributed by atoms with Gasteiger partial charge in [0.25, 0.3) is 5.91 Å². The van der Waals surface area contributed by atoms with Crippen LogP contribution in [0.2, 0.25) is 0 Å². The van der Waals surface area contributed by atoms with Crippen LogP contribution in [0.15, 0.2) is 29.2 Å². The van der Waals surface area contributed by atoms with Crippen molar-refractivity contribution in [3.05, 3.63) is 51.0 Å². The smallest absolute Gasteiger partial charge is 0.262 e. The van der Waals surface area contributed by atoms with Gasteiger partial charge in [0.15, 0.2) is 0 Å². The third kappa shape index (κ3) is 4.24. The molecule has 1 unspecified atom stereocenters. The summed E-state index contributed by atoms with van der Waals surface area (Å²) in [5, 5.41) is 14.2. The molecule has 0 spiro atoms. The number of rotatable bonds is 6. The van der Waals surface area contributed by atoms with E-state index in [1.54, 1.807) is 17.4 Å². The van der Waals surface area contributed by atoms with E-state index in [1.807, 2.05) is 43.5 Å². The van der Waals surface area contributed by atoms with E-state index >= 15 is 0 Å². The molecule has 1 fully saturated rings. The maximum atomic E-state index is 12.3. The molecule has 1 atom stereocenters. The average Bonchev–Trinajstić information content (AvgIpc) is 3.37. The quantitative estimate of drug-likeness (QED) is 0.625. The number of aryl methyl sites for hydroxylation is 1. The first-order valence-electron chi connectivity index (χ1n) is 8.79. The second-order valence-electron chi connectivity index (χ2n) is 6.50. The van der Waals surface area contributed by atoms with Gasteiger partial charge >= 0.3 is 0 Å². The molecule has 0 saturated carbocycles. The number of ether oxygens (including phenoxy) is 1. The first-order chi connectivity index (χ1) is 12.6. The Kier molecular flexibility index (Phi) is 5.92. The standard InChI is InChI=1S/C20H23N3O2S/c1-14-9-16(15(2)23(14)13-18-5-3-7-25-18)10-17(11-21)20(24)22-12-19-6-4-8-26-19/h4,6,8-10,18H,3,5,7,12-13H2,1-2H3,(H,22,24)/b17-10+. The van der Waals surface area contributed by atoms with Gasteiger partial charge in [-0.15, -0.1) is 11.3 Å². The summed E-state index contributed by atoms with van der Waals surface area (Å²) in [7, 11) is 0. The SMILES string of the molecule is Cc1cc(/C=C(\C#N)C(=O)NCc2cccs2)c(C)n1CC1CCCO1. The van der Waals surface area contributed by atoms with Crippen molar-refractivity contribution in [3.8, 4) is 6.07 Å². The van der Waals surface area contributed by atoms with E-state index in [9.17, 15) is 10.1 Å². The van der Waals surface area contributed by atoms with Gasteiger partial charge in [0.05, 0.1) is 12.6 Å². The summed E-state index contributed by atoms with van der Waals surface area (Å²) < 4.78 is 7.94. The van der Waals surface area contributed by atoms with Gasteiger partial charge in [-0.1, -0.05) is 6.07 Å². The third-order valence-electron chi connectivity index (χ3n) is 4.69. The van der Waals surface area contributed by atoms with E-state index in [0.29, 0.717) is 6.54 Å². The first-order valence-corrected chi connectivity index (χ1v) is 9.67. The Morgan fingerprint density at radius 1 is 1.54 bits per heavy atom. The predicted molar refractivity (Wildman–Crippen MR) is 103 cm³/mol. The Morgan fingerprint density at radius 2 is 2.38 bits per heavy atom. The molecule has 1 amide bonds. The van der Waals surface area contributed by atoms with Gasteiger partial charge in [-0.05, 0) is 55.8 Å². The highest BCUT2D eigenvalue weighted by Gasteiger charge is 2.19. The molecular weight excluding hydrogens is 346 g/mol. The molecule has 0 aromatic carbocycles. The molecular formula is C20H23N3O2S. The molecule has 1 aliphatic rings. The molecule has 0 radical (unpaired) electrons. The highest BCUT2D eigenvalue weighted by Crippen LogP contribution is 2.22. The van der Waals surface area contributed by atoms with Crippen molar-refractivity contribution in [1.29, 1.82) is 5.26 Å². The van der Waals surface area contributed by atoms with E-state index in [-0.39, 0.29) is 17.6 Å². The molecule has 136 valence electrons. The second-order valence-corrected chi connectivity index (χ2v) is 7.54. The van der Waals surface area contributed by atoms with Crippen LogP contribution >= 0.6 is 11.3 Å². The summed E-state index contributed by atoms with van der Waals surface area (Å²) in [6, 6.07) is 7.95. The summed E-state index contributed by atoms with van der Waals surface area (Å²) in [6.07, 6.45) is 4.12. The van der Waals surface area contributed by atoms with E-state index < -0.39 is 0 Å². The number of nitrogens with one attached hydrogen (secondary N) is 1. The zero-order valence-corrected chi connectivity index (χ0v) is 15.9. The molecule has 0 bridgehead atoms. The summed E-state index contributed by atoms with van der Waals surface area (Å²) >= 11 is 1.58. The zero-order chi connectivity index (χ0) is 18.5. The number of carbonyl (C=O) groups is 1. The van der Waals surface area contributed by atoms with E-state index in [0.717, 1.165) is 47.8 Å². The Morgan fingerprint density at radius 3 is 3.04 bits per heavy atom. The molecule has 1 N–H and O–H groups in total. The van der Waals surface area contributed by atoms with Crippen molar-refractivity contribution >= 4 is 23.3 Å². The van der Waals surface area contributed by atoms with Crippen molar-refractivity contribution in [2.45, 2.75) is 45.9 Å². The summed E-state index contributed by atoms with van der Waals surface area (Å²) in [5.74, 6) is -0.343. The van der Waals surface area contributed by atoms with Crippen LogP contribution < -0.4 is 5.32 Å². The van der Waals surface area contributed by atoms with Crippen molar-refractivity contribution in [2.24, 2.45) is 0 Å². The number of hydrogen-bond acceptors (Lipinski definition) is 4. The van der Waals surface area contributed by atoms with Gasteiger partial charge in [-0.25, -0.2) is 0 Å². The van der Waals surface area contributed by atoms with E-state index in [4.69, 9.17) is 4.74 Å². The predicted octanol–water partition coefficient (Wildman–Crippen LogP) is 3.57. The minimum absolute atomic E-state index is 0.124. The van der Waals surface area contributed by atoms with Crippen LogP contribution in [-0.2, 0) is 22.6 Å². The van der Waals surface area contributed by atoms with Gasteiger partial charge in [-0.3, -0.25) is 4.79 Å². The molecule has 1 aliphatic heterocycles. The topological polar surface area (TPSA) is 67.0 Å². The average molecular weight is 369 g/mol. The van der Waals surface area contributed by atoms with Crippen molar-refractivity contribution < 1.29 is 9.53 Å². The van der Waals surface area contributed by atoms with E-state index in [1.165, 1.54) is 0 Å². The van der Waals surface area contributed by atoms with Gasteiger partial charge in [-0.2, -0.15) is 5.26 Å². The molecule has 2 aromatic rings. The van der Waals surface area contributed by atoms with Crippen molar-refractivity contribution in [1.82, 2.24) is 9.88 Å². The lowest BCUT2D eigenvalue weighted by Crippen LogP contribution is -2.23. The van der Waals surface area contributed by atoms with Crippen LogP contribution in [-0.4, -0.2) is 23.2 Å². The number of carbonyl (C=O) groups excluding carboxylic acids is 1. The van der Waals surface area contributed by atoms with Gasteiger partial charge in [0, 0.05) is 29.4 Å². The van der Waals surface area contributed by atoms with Gasteiger partial charge in [0.1, 0.15) is 11.6 Å². The van der Waals surface area contributed by atoms with Crippen molar-refractivity contribution in [2.75, 3.05) is 6.61 Å². The molecule has 26 heavy (non-hydrogen) atoms. The Labute approximate surface area is 157 Å². The normalized spacial score (nSPS) is 17.3. The lowest BCUT2D eigenvalue weighted by molar-refractivity contribution is -0.117. The Balaban J connectivity index is 1.73. The molecule has 6 heteroatoms. The van der Waals surface area contributed by atoms with E-state index in [2.05, 4.69) is 9.88 Å². The largest absolute Gasteiger partial charge is 0.376 e. The first kappa shape index (κ1) is 18.4. The minimum Gasteiger partial charge on any atom is -0.376 e. The lowest BCUT2D eigenvalue weighted by atomic mass is 10.1. The number of amides is 1. The fourth-order valence-electron chi connectivity index (χ4n) is 3.23. The van der Waals surface area contributed by atoms with Crippen LogP contribution in [0, 0.1) is 25.2 Å². The number of aromatic nitrogens is 1. The fourth-order valence-corrected chi connectivity index (χ4v) is 3.87. The maximum absolute atomic E-state index is 12.3. The van der Waals surface area contributed by atoms with Gasteiger partial charge in [0.2, 0.25) is 0 Å². The van der Waals surface area contributed by atoms with Crippen LogP contribution in [0.4, 0.5) is 0 Å². The van der Waals surface area contributed by atoms with Gasteiger partial charge < -0.3 is 14.6 Å². The van der Waals surface area contributed by atoms with Crippen LogP contribution in [0.25, 0.3) is 6.08 Å². The number of nitriles is 1. The Bertz CT molecular complexity index is 837. The highest BCUT2D eigenvalue weighted by atomic mass is 32.1. The van der Waals surface area contributed by atoms with Crippen LogP contribution in [0.1, 0.15) is 34.7 Å². The lowest BCUT2D eigenvalue weighted by Gasteiger charge is -2.14. The molecule has 5 nitrogen and oxygen atoms in total. The summed E-state index contributed by atoms with van der Waals surface area (Å²) in [4.78, 5) is 13.4. The summed E-state index contributed by atoms with van der Waals surface area (Å²) in [5.41, 5.74) is 3.19. The highest BCUT2D eigenvalue weighted by molar-refractivity contribution is 7.09. The van der Waals surface area contributed by atoms with Crippen LogP contribution in [0.3, 0.4) is 0 Å². The maximum Gasteiger partial charge on any atom is 0.262 e. The molecule has 0 aliphatic carbocycles.